The van der Waals surface area contributed by atoms with Gasteiger partial charge in [0.05, 0.1) is 19.0 Å². The van der Waals surface area contributed by atoms with Crippen LogP contribution in [0.2, 0.25) is 0 Å². The van der Waals surface area contributed by atoms with Crippen molar-refractivity contribution in [1.29, 1.82) is 0 Å². The fraction of sp³-hybridized carbons (Fsp3) is 0.444. The van der Waals surface area contributed by atoms with Crippen LogP contribution in [0.5, 0.6) is 5.75 Å². The van der Waals surface area contributed by atoms with Gasteiger partial charge in [-0.3, -0.25) is 9.69 Å². The van der Waals surface area contributed by atoms with Gasteiger partial charge in [0.15, 0.2) is 0 Å². The highest BCUT2D eigenvalue weighted by Crippen LogP contribution is 2.16. The molecule has 134 valence electrons. The van der Waals surface area contributed by atoms with Crippen molar-refractivity contribution in [3.05, 3.63) is 46.9 Å². The molecule has 2 heterocycles. The Balaban J connectivity index is 1.44. The maximum atomic E-state index is 11.7. The Morgan fingerprint density at radius 2 is 2.00 bits per heavy atom. The fourth-order valence-corrected chi connectivity index (χ4v) is 2.95. The topological polar surface area (TPSA) is 62.6 Å². The average Bonchev–Trinajstić information content (AvgIpc) is 2.65. The molecule has 0 radical (unpaired) electrons. The fourth-order valence-electron chi connectivity index (χ4n) is 2.95. The van der Waals surface area contributed by atoms with Crippen molar-refractivity contribution in [3.8, 4) is 5.75 Å². The van der Waals surface area contributed by atoms with E-state index in [0.717, 1.165) is 56.4 Å². The molecule has 0 bridgehead atoms. The highest BCUT2D eigenvalue weighted by atomic mass is 16.5. The van der Waals surface area contributed by atoms with Gasteiger partial charge in [0, 0.05) is 64.1 Å². The van der Waals surface area contributed by atoms with E-state index in [9.17, 15) is 4.79 Å². The Kier molecular flexibility index (Phi) is 5.55. The maximum Gasteiger partial charge on any atom is 0.268 e. The van der Waals surface area contributed by atoms with Gasteiger partial charge in [-0.25, -0.2) is 4.68 Å². The maximum absolute atomic E-state index is 11.7. The van der Waals surface area contributed by atoms with E-state index in [-0.39, 0.29) is 5.56 Å². The molecule has 1 aromatic heterocycles. The van der Waals surface area contributed by atoms with E-state index in [1.165, 1.54) is 4.68 Å². The van der Waals surface area contributed by atoms with Gasteiger partial charge in [0.25, 0.3) is 5.56 Å². The van der Waals surface area contributed by atoms with Gasteiger partial charge in [-0.15, -0.1) is 0 Å². The number of benzene rings is 1. The molecule has 1 fully saturated rings. The molecule has 1 saturated heterocycles. The number of hydrogen-bond donors (Lipinski definition) is 1. The number of piperazine rings is 1. The lowest BCUT2D eigenvalue weighted by Crippen LogP contribution is -2.48. The normalized spacial score (nSPS) is 15.2. The molecule has 2 aromatic rings. The third-order valence-corrected chi connectivity index (χ3v) is 4.52. The smallest absolute Gasteiger partial charge is 0.268 e. The molecule has 1 aromatic carbocycles. The van der Waals surface area contributed by atoms with Gasteiger partial charge in [0.2, 0.25) is 0 Å². The molecule has 1 aliphatic rings. The zero-order valence-corrected chi connectivity index (χ0v) is 14.8. The van der Waals surface area contributed by atoms with Gasteiger partial charge in [-0.05, 0) is 12.1 Å². The number of ether oxygens (including phenoxy) is 1. The summed E-state index contributed by atoms with van der Waals surface area (Å²) in [7, 11) is 3.34. The van der Waals surface area contributed by atoms with E-state index in [0.29, 0.717) is 0 Å². The van der Waals surface area contributed by atoms with Crippen molar-refractivity contribution in [1.82, 2.24) is 14.7 Å². The van der Waals surface area contributed by atoms with Crippen molar-refractivity contribution in [2.24, 2.45) is 7.05 Å². The van der Waals surface area contributed by atoms with Crippen LogP contribution >= 0.6 is 0 Å². The van der Waals surface area contributed by atoms with E-state index in [4.69, 9.17) is 4.74 Å². The van der Waals surface area contributed by atoms with E-state index >= 15 is 0 Å². The molecule has 0 amide bonds. The first kappa shape index (κ1) is 17.3. The number of hydrogen-bond acceptors (Lipinski definition) is 6. The third-order valence-electron chi connectivity index (χ3n) is 4.52. The van der Waals surface area contributed by atoms with Crippen molar-refractivity contribution in [2.75, 3.05) is 56.6 Å². The Hall–Kier alpha value is -2.54. The molecule has 7 nitrogen and oxygen atoms in total. The molecule has 0 saturated carbocycles. The molecule has 0 atom stereocenters. The van der Waals surface area contributed by atoms with E-state index in [1.54, 1.807) is 26.4 Å². The van der Waals surface area contributed by atoms with E-state index in [1.807, 2.05) is 24.3 Å². The molecule has 0 spiro atoms. The van der Waals surface area contributed by atoms with Crippen LogP contribution in [0, 0.1) is 0 Å². The average molecular weight is 343 g/mol. The van der Waals surface area contributed by atoms with Crippen molar-refractivity contribution in [2.45, 2.75) is 0 Å². The number of nitrogens with one attached hydrogen (secondary N) is 1. The van der Waals surface area contributed by atoms with Crippen LogP contribution in [0.4, 0.5) is 11.4 Å². The molecule has 0 aliphatic carbocycles. The summed E-state index contributed by atoms with van der Waals surface area (Å²) >= 11 is 0. The summed E-state index contributed by atoms with van der Waals surface area (Å²) in [5.74, 6) is 0.862. The number of anilines is 2. The Bertz CT molecular complexity index is 753. The minimum Gasteiger partial charge on any atom is -0.497 e. The lowest BCUT2D eigenvalue weighted by Gasteiger charge is -2.35. The van der Waals surface area contributed by atoms with Gasteiger partial charge in [-0.1, -0.05) is 6.07 Å². The summed E-state index contributed by atoms with van der Waals surface area (Å²) in [6.07, 6.45) is 1.77. The van der Waals surface area contributed by atoms with Gasteiger partial charge >= 0.3 is 0 Å². The highest BCUT2D eigenvalue weighted by Gasteiger charge is 2.17. The number of methoxy groups -OCH3 is 1. The molecular weight excluding hydrogens is 318 g/mol. The molecule has 25 heavy (non-hydrogen) atoms. The van der Waals surface area contributed by atoms with Crippen molar-refractivity contribution in [3.63, 3.8) is 0 Å². The minimum atomic E-state index is -0.0672. The standard InChI is InChI=1S/C18H25N5O2/c1-21-18(24)13-16(14-20-21)23-10-8-22(9-11-23)7-6-19-15-4-3-5-17(12-15)25-2/h3-5,12-14,19H,6-11H2,1-2H3. The second kappa shape index (κ2) is 8.02. The Morgan fingerprint density at radius 1 is 1.20 bits per heavy atom. The number of nitrogens with zero attached hydrogens (tertiary/aromatic N) is 4. The number of rotatable bonds is 6. The largest absolute Gasteiger partial charge is 0.497 e. The zero-order valence-electron chi connectivity index (χ0n) is 14.8. The van der Waals surface area contributed by atoms with Crippen LogP contribution in [-0.2, 0) is 7.05 Å². The molecule has 3 rings (SSSR count). The summed E-state index contributed by atoms with van der Waals surface area (Å²) in [6.45, 7) is 5.66. The first-order chi connectivity index (χ1) is 12.2. The summed E-state index contributed by atoms with van der Waals surface area (Å²) < 4.78 is 6.59. The van der Waals surface area contributed by atoms with Gasteiger partial charge in [-0.2, -0.15) is 5.10 Å². The summed E-state index contributed by atoms with van der Waals surface area (Å²) in [5.41, 5.74) is 1.92. The van der Waals surface area contributed by atoms with E-state index < -0.39 is 0 Å². The molecule has 1 N–H and O–H groups in total. The summed E-state index contributed by atoms with van der Waals surface area (Å²) in [4.78, 5) is 16.4. The van der Waals surface area contributed by atoms with Crippen LogP contribution < -0.4 is 20.5 Å². The molecular formula is C18H25N5O2. The highest BCUT2D eigenvalue weighted by molar-refractivity contribution is 5.48. The minimum absolute atomic E-state index is 0.0672. The van der Waals surface area contributed by atoms with Gasteiger partial charge < -0.3 is 15.0 Å². The van der Waals surface area contributed by atoms with Crippen molar-refractivity contribution < 1.29 is 4.74 Å². The molecule has 1 aliphatic heterocycles. The van der Waals surface area contributed by atoms with Crippen LogP contribution in [-0.4, -0.2) is 61.1 Å². The van der Waals surface area contributed by atoms with Crippen LogP contribution in [0.1, 0.15) is 0 Å². The SMILES string of the molecule is COc1cccc(NCCN2CCN(c3cnn(C)c(=O)c3)CC2)c1. The van der Waals surface area contributed by atoms with Gasteiger partial charge in [0.1, 0.15) is 5.75 Å². The predicted octanol–water partition coefficient (Wildman–Crippen LogP) is 1.02. The van der Waals surface area contributed by atoms with Crippen molar-refractivity contribution >= 4 is 11.4 Å². The quantitative estimate of drug-likeness (QED) is 0.845. The lowest BCUT2D eigenvalue weighted by atomic mass is 10.2. The number of aryl methyl sites for hydroxylation is 1. The Labute approximate surface area is 147 Å². The second-order valence-corrected chi connectivity index (χ2v) is 6.16. The van der Waals surface area contributed by atoms with E-state index in [2.05, 4.69) is 20.2 Å². The molecule has 7 heteroatoms. The van der Waals surface area contributed by atoms with Crippen LogP contribution in [0.25, 0.3) is 0 Å². The number of aromatic nitrogens is 2. The Morgan fingerprint density at radius 3 is 2.72 bits per heavy atom. The lowest BCUT2D eigenvalue weighted by molar-refractivity contribution is 0.267. The summed E-state index contributed by atoms with van der Waals surface area (Å²) in [6, 6.07) is 9.63. The third kappa shape index (κ3) is 4.51. The van der Waals surface area contributed by atoms with Crippen LogP contribution in [0.15, 0.2) is 41.3 Å². The zero-order chi connectivity index (χ0) is 17.6. The monoisotopic (exact) mass is 343 g/mol. The van der Waals surface area contributed by atoms with Crippen LogP contribution in [0.3, 0.4) is 0 Å². The summed E-state index contributed by atoms with van der Waals surface area (Å²) in [5, 5.41) is 7.53. The first-order valence-electron chi connectivity index (χ1n) is 8.54. The first-order valence-corrected chi connectivity index (χ1v) is 8.54. The second-order valence-electron chi connectivity index (χ2n) is 6.16. The predicted molar refractivity (Wildman–Crippen MR) is 99.6 cm³/mol. The molecule has 0 unspecified atom stereocenters.